The molecule has 1 aliphatic heterocycles. The smallest absolute Gasteiger partial charge is 0.310 e. The van der Waals surface area contributed by atoms with Crippen LogP contribution in [0.3, 0.4) is 0 Å². The number of hydrogen-bond acceptors (Lipinski definition) is 4. The Labute approximate surface area is 161 Å². The lowest BCUT2D eigenvalue weighted by Gasteiger charge is -2.32. The first kappa shape index (κ1) is 20.5. The molecule has 1 fully saturated rings. The van der Waals surface area contributed by atoms with Gasteiger partial charge in [-0.3, -0.25) is 14.9 Å². The molecule has 1 aromatic rings. The summed E-state index contributed by atoms with van der Waals surface area (Å²) in [5.41, 5.74) is 3.40. The van der Waals surface area contributed by atoms with E-state index < -0.39 is 13.0 Å². The van der Waals surface area contributed by atoms with E-state index in [1.165, 1.54) is 25.3 Å². The zero-order valence-electron chi connectivity index (χ0n) is 16.2. The van der Waals surface area contributed by atoms with Gasteiger partial charge in [-0.1, -0.05) is 25.6 Å². The van der Waals surface area contributed by atoms with Gasteiger partial charge < -0.3 is 9.64 Å². The topological polar surface area (TPSA) is 72.7 Å². The molecule has 1 amide bonds. The number of rotatable bonds is 3. The van der Waals surface area contributed by atoms with Gasteiger partial charge in [-0.25, -0.2) is 0 Å². The third-order valence-electron chi connectivity index (χ3n) is 4.13. The molecular formula is C20H24N2O4Si. The molecule has 1 saturated heterocycles. The van der Waals surface area contributed by atoms with E-state index in [2.05, 4.69) is 42.9 Å². The van der Waals surface area contributed by atoms with Gasteiger partial charge >= 0.3 is 5.69 Å². The van der Waals surface area contributed by atoms with Gasteiger partial charge in [0.25, 0.3) is 5.91 Å². The highest BCUT2D eigenvalue weighted by atomic mass is 28.3. The van der Waals surface area contributed by atoms with Gasteiger partial charge in [-0.15, -0.1) is 5.54 Å². The molecule has 0 bridgehead atoms. The van der Waals surface area contributed by atoms with E-state index in [-0.39, 0.29) is 23.4 Å². The number of nitrogens with zero attached hydrogens (tertiary/aromatic N) is 2. The zero-order chi connectivity index (χ0) is 20.0. The molecule has 0 spiro atoms. The zero-order valence-corrected chi connectivity index (χ0v) is 17.2. The lowest BCUT2D eigenvalue weighted by molar-refractivity contribution is -0.385. The fraction of sp³-hybridized carbons (Fsp3) is 0.450. The molecule has 1 aromatic carbocycles. The third kappa shape index (κ3) is 5.60. The van der Waals surface area contributed by atoms with Gasteiger partial charge in [0.1, 0.15) is 8.07 Å². The van der Waals surface area contributed by atoms with Gasteiger partial charge in [0.05, 0.1) is 18.1 Å². The molecule has 6 nitrogen and oxygen atoms in total. The lowest BCUT2D eigenvalue weighted by Crippen LogP contribution is -2.43. The molecule has 0 N–H and O–H groups in total. The summed E-state index contributed by atoms with van der Waals surface area (Å²) in [6, 6.07) is 4.00. The number of hydrogen-bond donors (Lipinski definition) is 0. The van der Waals surface area contributed by atoms with Gasteiger partial charge in [0.2, 0.25) is 0 Å². The van der Waals surface area contributed by atoms with E-state index >= 15 is 0 Å². The van der Waals surface area contributed by atoms with Crippen molar-refractivity contribution in [2.24, 2.45) is 0 Å². The highest BCUT2D eigenvalue weighted by Crippen LogP contribution is 2.29. The summed E-state index contributed by atoms with van der Waals surface area (Å²) in [6.45, 7) is 7.07. The van der Waals surface area contributed by atoms with Crippen molar-refractivity contribution in [2.75, 3.05) is 13.7 Å². The standard InChI is InChI=1S/C20H24N2O4Si/c1-26-19-15-16(11-12-18(19)22(24)25)20(23)21-13-7-5-9-17(21)10-6-8-14-27(2,3)4/h11-12,15,17H,5,7,9,13H2,1-4H3. The molecule has 1 unspecified atom stereocenters. The maximum Gasteiger partial charge on any atom is 0.310 e. The molecule has 0 aliphatic carbocycles. The number of benzene rings is 1. The SMILES string of the molecule is COc1cc(C(=O)N2CCCCC2C#CC#C[Si](C)(C)C)ccc1[N+](=O)[O-]. The number of nitro groups is 1. The fourth-order valence-corrected chi connectivity index (χ4v) is 3.23. The molecule has 1 atom stereocenters. The molecule has 142 valence electrons. The lowest BCUT2D eigenvalue weighted by atomic mass is 10.0. The first-order chi connectivity index (χ1) is 12.7. The van der Waals surface area contributed by atoms with Crippen LogP contribution in [0.15, 0.2) is 18.2 Å². The van der Waals surface area contributed by atoms with Crippen molar-refractivity contribution in [1.29, 1.82) is 0 Å². The summed E-state index contributed by atoms with van der Waals surface area (Å²) in [5, 5.41) is 11.0. The number of piperidine rings is 1. The second-order valence-electron chi connectivity index (χ2n) is 7.42. The van der Waals surface area contributed by atoms with Gasteiger partial charge in [0.15, 0.2) is 5.75 Å². The third-order valence-corrected chi connectivity index (χ3v) is 5.00. The van der Waals surface area contributed by atoms with Crippen LogP contribution >= 0.6 is 0 Å². The number of methoxy groups -OCH3 is 1. The monoisotopic (exact) mass is 384 g/mol. The first-order valence-electron chi connectivity index (χ1n) is 8.89. The maximum absolute atomic E-state index is 13.0. The second-order valence-corrected chi connectivity index (χ2v) is 12.2. The predicted molar refractivity (Wildman–Crippen MR) is 107 cm³/mol. The van der Waals surface area contributed by atoms with E-state index in [9.17, 15) is 14.9 Å². The van der Waals surface area contributed by atoms with Crippen LogP contribution in [0.4, 0.5) is 5.69 Å². The summed E-state index contributed by atoms with van der Waals surface area (Å²) in [7, 11) is -0.124. The Bertz CT molecular complexity index is 853. The van der Waals surface area contributed by atoms with E-state index in [4.69, 9.17) is 4.74 Å². The van der Waals surface area contributed by atoms with Crippen molar-refractivity contribution in [2.45, 2.75) is 44.9 Å². The van der Waals surface area contributed by atoms with E-state index in [0.717, 1.165) is 19.3 Å². The first-order valence-corrected chi connectivity index (χ1v) is 12.4. The Kier molecular flexibility index (Phi) is 6.65. The molecule has 1 heterocycles. The molecule has 0 aromatic heterocycles. The molecule has 2 rings (SSSR count). The van der Waals surface area contributed by atoms with Crippen molar-refractivity contribution >= 4 is 19.7 Å². The van der Waals surface area contributed by atoms with E-state index in [1.54, 1.807) is 4.90 Å². The average Bonchev–Trinajstić information content (AvgIpc) is 2.63. The molecule has 0 radical (unpaired) electrons. The van der Waals surface area contributed by atoms with Crippen molar-refractivity contribution in [3.63, 3.8) is 0 Å². The minimum absolute atomic E-state index is 0.0755. The minimum atomic E-state index is -1.47. The fourth-order valence-electron chi connectivity index (χ4n) is 2.79. The Morgan fingerprint density at radius 2 is 2.04 bits per heavy atom. The van der Waals surface area contributed by atoms with Crippen LogP contribution < -0.4 is 4.74 Å². The summed E-state index contributed by atoms with van der Waals surface area (Å²) in [6.07, 6.45) is 2.72. The quantitative estimate of drug-likeness (QED) is 0.346. The normalized spacial score (nSPS) is 16.4. The van der Waals surface area contributed by atoms with E-state index in [0.29, 0.717) is 12.1 Å². The number of carbonyl (C=O) groups excluding carboxylic acids is 1. The summed E-state index contributed by atoms with van der Waals surface area (Å²) >= 11 is 0. The van der Waals surface area contributed by atoms with Crippen molar-refractivity contribution in [3.8, 4) is 29.1 Å². The average molecular weight is 385 g/mol. The predicted octanol–water partition coefficient (Wildman–Crippen LogP) is 3.48. The van der Waals surface area contributed by atoms with Crippen LogP contribution in [0.25, 0.3) is 0 Å². The van der Waals surface area contributed by atoms with Crippen molar-refractivity contribution < 1.29 is 14.5 Å². The van der Waals surface area contributed by atoms with Crippen molar-refractivity contribution in [3.05, 3.63) is 33.9 Å². The molecule has 27 heavy (non-hydrogen) atoms. The van der Waals surface area contributed by atoms with Gasteiger partial charge in [-0.05, 0) is 37.2 Å². The number of likely N-dealkylation sites (tertiary alicyclic amines) is 1. The molecular weight excluding hydrogens is 360 g/mol. The Balaban J connectivity index is 2.26. The second kappa shape index (κ2) is 8.74. The highest BCUT2D eigenvalue weighted by molar-refractivity contribution is 6.83. The summed E-state index contributed by atoms with van der Waals surface area (Å²) in [5.74, 6) is 8.84. The Morgan fingerprint density at radius 3 is 2.67 bits per heavy atom. The van der Waals surface area contributed by atoms with Gasteiger partial charge in [0, 0.05) is 24.2 Å². The van der Waals surface area contributed by atoms with Crippen LogP contribution in [-0.2, 0) is 0 Å². The van der Waals surface area contributed by atoms with Crippen molar-refractivity contribution in [1.82, 2.24) is 4.90 Å². The van der Waals surface area contributed by atoms with Crippen LogP contribution in [-0.4, -0.2) is 43.5 Å². The van der Waals surface area contributed by atoms with Gasteiger partial charge in [-0.2, -0.15) is 0 Å². The largest absolute Gasteiger partial charge is 0.490 e. The maximum atomic E-state index is 13.0. The number of ether oxygens (including phenoxy) is 1. The van der Waals surface area contributed by atoms with Crippen LogP contribution in [0.5, 0.6) is 5.75 Å². The van der Waals surface area contributed by atoms with Crippen LogP contribution in [0, 0.1) is 33.4 Å². The summed E-state index contributed by atoms with van der Waals surface area (Å²) in [4.78, 5) is 25.2. The number of carbonyl (C=O) groups is 1. The number of amides is 1. The van der Waals surface area contributed by atoms with E-state index in [1.807, 2.05) is 0 Å². The molecule has 1 aliphatic rings. The minimum Gasteiger partial charge on any atom is -0.490 e. The van der Waals surface area contributed by atoms with Crippen LogP contribution in [0.1, 0.15) is 29.6 Å². The summed E-state index contributed by atoms with van der Waals surface area (Å²) < 4.78 is 5.07. The van der Waals surface area contributed by atoms with Crippen LogP contribution in [0.2, 0.25) is 19.6 Å². The highest BCUT2D eigenvalue weighted by Gasteiger charge is 2.27. The number of nitro benzene ring substituents is 1. The Morgan fingerprint density at radius 1 is 1.30 bits per heavy atom. The Hall–Kier alpha value is -2.77. The molecule has 0 saturated carbocycles. The molecule has 7 heteroatoms.